The van der Waals surface area contributed by atoms with E-state index in [2.05, 4.69) is 12.1 Å². The Morgan fingerprint density at radius 1 is 1.08 bits per heavy atom. The van der Waals surface area contributed by atoms with Crippen LogP contribution in [0, 0.1) is 0 Å². The minimum absolute atomic E-state index is 0.0558. The van der Waals surface area contributed by atoms with Crippen LogP contribution >= 0.6 is 11.8 Å². The van der Waals surface area contributed by atoms with Crippen LogP contribution in [0.15, 0.2) is 53.4 Å². The number of hydrogen-bond donors (Lipinski definition) is 0. The molecule has 0 unspecified atom stereocenters. The van der Waals surface area contributed by atoms with E-state index >= 15 is 0 Å². The lowest BCUT2D eigenvalue weighted by Crippen LogP contribution is -2.37. The van der Waals surface area contributed by atoms with E-state index in [4.69, 9.17) is 9.47 Å². The summed E-state index contributed by atoms with van der Waals surface area (Å²) in [6.07, 6.45) is 1.50. The van der Waals surface area contributed by atoms with Crippen molar-refractivity contribution in [3.63, 3.8) is 0 Å². The fourth-order valence-electron chi connectivity index (χ4n) is 2.30. The van der Waals surface area contributed by atoms with Gasteiger partial charge in [-0.15, -0.1) is 11.8 Å². The molecule has 0 fully saturated rings. The SMILES string of the molecule is COc1ccc(O[C@H](C)C(=O)N(C)Cc2ccc(SC)cc2)cc1. The summed E-state index contributed by atoms with van der Waals surface area (Å²) in [4.78, 5) is 15.4. The van der Waals surface area contributed by atoms with Gasteiger partial charge >= 0.3 is 0 Å². The van der Waals surface area contributed by atoms with Crippen molar-refractivity contribution in [1.82, 2.24) is 4.90 Å². The fourth-order valence-corrected chi connectivity index (χ4v) is 2.71. The van der Waals surface area contributed by atoms with Gasteiger partial charge in [0.1, 0.15) is 11.5 Å². The summed E-state index contributed by atoms with van der Waals surface area (Å²) in [6, 6.07) is 15.4. The van der Waals surface area contributed by atoms with Crippen LogP contribution in [0.2, 0.25) is 0 Å². The first-order chi connectivity index (χ1) is 11.5. The highest BCUT2D eigenvalue weighted by atomic mass is 32.2. The van der Waals surface area contributed by atoms with Crippen LogP contribution in [0.5, 0.6) is 11.5 Å². The average Bonchev–Trinajstić information content (AvgIpc) is 2.62. The van der Waals surface area contributed by atoms with Crippen molar-refractivity contribution < 1.29 is 14.3 Å². The number of likely N-dealkylation sites (N-methyl/N-ethyl adjacent to an activating group) is 1. The molecule has 1 amide bonds. The number of ether oxygens (including phenoxy) is 2. The number of rotatable bonds is 7. The lowest BCUT2D eigenvalue weighted by Gasteiger charge is -2.22. The monoisotopic (exact) mass is 345 g/mol. The number of methoxy groups -OCH3 is 1. The number of nitrogens with zero attached hydrogens (tertiary/aromatic N) is 1. The maximum Gasteiger partial charge on any atom is 0.263 e. The second-order valence-electron chi connectivity index (χ2n) is 5.48. The number of amides is 1. The molecule has 0 aliphatic carbocycles. The van der Waals surface area contributed by atoms with Crippen LogP contribution in [0.3, 0.4) is 0 Å². The van der Waals surface area contributed by atoms with E-state index in [9.17, 15) is 4.79 Å². The molecule has 2 rings (SSSR count). The van der Waals surface area contributed by atoms with E-state index in [1.807, 2.05) is 30.5 Å². The maximum absolute atomic E-state index is 12.5. The molecule has 128 valence electrons. The quantitative estimate of drug-likeness (QED) is 0.715. The minimum Gasteiger partial charge on any atom is -0.497 e. The lowest BCUT2D eigenvalue weighted by molar-refractivity contribution is -0.137. The summed E-state index contributed by atoms with van der Waals surface area (Å²) in [5.74, 6) is 1.35. The normalized spacial score (nSPS) is 11.7. The van der Waals surface area contributed by atoms with Gasteiger partial charge < -0.3 is 14.4 Å². The van der Waals surface area contributed by atoms with Crippen molar-refractivity contribution in [2.45, 2.75) is 24.5 Å². The molecule has 0 aliphatic heterocycles. The molecule has 0 aliphatic rings. The fraction of sp³-hybridized carbons (Fsp3) is 0.316. The Kier molecular flexibility index (Phi) is 6.55. The zero-order valence-electron chi connectivity index (χ0n) is 14.5. The van der Waals surface area contributed by atoms with Crippen LogP contribution in [0.25, 0.3) is 0 Å². The molecule has 0 saturated carbocycles. The van der Waals surface area contributed by atoms with Gasteiger partial charge in [-0.3, -0.25) is 4.79 Å². The van der Waals surface area contributed by atoms with E-state index in [1.54, 1.807) is 49.9 Å². The van der Waals surface area contributed by atoms with E-state index in [-0.39, 0.29) is 5.91 Å². The molecule has 0 radical (unpaired) electrons. The van der Waals surface area contributed by atoms with E-state index in [1.165, 1.54) is 4.90 Å². The van der Waals surface area contributed by atoms with Crippen LogP contribution in [0.1, 0.15) is 12.5 Å². The minimum atomic E-state index is -0.547. The van der Waals surface area contributed by atoms with Gasteiger partial charge in [-0.1, -0.05) is 12.1 Å². The summed E-state index contributed by atoms with van der Waals surface area (Å²) in [7, 11) is 3.40. The third-order valence-electron chi connectivity index (χ3n) is 3.68. The van der Waals surface area contributed by atoms with Crippen molar-refractivity contribution in [1.29, 1.82) is 0 Å². The molecule has 2 aromatic rings. The third-order valence-corrected chi connectivity index (χ3v) is 4.42. The second-order valence-corrected chi connectivity index (χ2v) is 6.36. The van der Waals surface area contributed by atoms with E-state index in [0.717, 1.165) is 11.3 Å². The summed E-state index contributed by atoms with van der Waals surface area (Å²) >= 11 is 1.70. The Balaban J connectivity index is 1.92. The molecule has 0 heterocycles. The summed E-state index contributed by atoms with van der Waals surface area (Å²) in [6.45, 7) is 2.32. The third kappa shape index (κ3) is 4.93. The predicted octanol–water partition coefficient (Wildman–Crippen LogP) is 3.84. The molecule has 2 aromatic carbocycles. The molecule has 0 aromatic heterocycles. The Hall–Kier alpha value is -2.14. The summed E-state index contributed by atoms with van der Waals surface area (Å²) in [5.41, 5.74) is 1.10. The van der Waals surface area contributed by atoms with Crippen molar-refractivity contribution in [3.05, 3.63) is 54.1 Å². The second kappa shape index (κ2) is 8.64. The van der Waals surface area contributed by atoms with Gasteiger partial charge in [0.05, 0.1) is 7.11 Å². The zero-order chi connectivity index (χ0) is 17.5. The first kappa shape index (κ1) is 18.2. The maximum atomic E-state index is 12.5. The van der Waals surface area contributed by atoms with Gasteiger partial charge in [-0.25, -0.2) is 0 Å². The van der Waals surface area contributed by atoms with Crippen molar-refractivity contribution in [3.8, 4) is 11.5 Å². The topological polar surface area (TPSA) is 38.8 Å². The highest BCUT2D eigenvalue weighted by molar-refractivity contribution is 7.98. The summed E-state index contributed by atoms with van der Waals surface area (Å²) in [5, 5.41) is 0. The van der Waals surface area contributed by atoms with Gasteiger partial charge in [-0.2, -0.15) is 0 Å². The number of thioether (sulfide) groups is 1. The molecule has 0 N–H and O–H groups in total. The average molecular weight is 345 g/mol. The van der Waals surface area contributed by atoms with Crippen LogP contribution in [-0.4, -0.2) is 37.3 Å². The largest absolute Gasteiger partial charge is 0.497 e. The number of hydrogen-bond acceptors (Lipinski definition) is 4. The predicted molar refractivity (Wildman–Crippen MR) is 97.8 cm³/mol. The van der Waals surface area contributed by atoms with Gasteiger partial charge in [0.15, 0.2) is 6.10 Å². The Morgan fingerprint density at radius 2 is 1.67 bits per heavy atom. The van der Waals surface area contributed by atoms with Crippen molar-refractivity contribution >= 4 is 17.7 Å². The Bertz CT molecular complexity index is 598. The molecule has 0 spiro atoms. The molecule has 1 atom stereocenters. The number of carbonyl (C=O) groups excluding carboxylic acids is 1. The summed E-state index contributed by atoms with van der Waals surface area (Å²) < 4.78 is 10.8. The molecule has 0 bridgehead atoms. The van der Waals surface area contributed by atoms with Crippen LogP contribution in [-0.2, 0) is 11.3 Å². The van der Waals surface area contributed by atoms with Gasteiger partial charge in [0.2, 0.25) is 0 Å². The zero-order valence-corrected chi connectivity index (χ0v) is 15.3. The Morgan fingerprint density at radius 3 is 2.21 bits per heavy atom. The van der Waals surface area contributed by atoms with E-state index < -0.39 is 6.10 Å². The lowest BCUT2D eigenvalue weighted by atomic mass is 10.2. The molecule has 5 heteroatoms. The number of carbonyl (C=O) groups is 1. The number of benzene rings is 2. The highest BCUT2D eigenvalue weighted by Crippen LogP contribution is 2.19. The van der Waals surface area contributed by atoms with Crippen molar-refractivity contribution in [2.75, 3.05) is 20.4 Å². The van der Waals surface area contributed by atoms with Gasteiger partial charge in [0.25, 0.3) is 5.91 Å². The standard InChI is InChI=1S/C19H23NO3S/c1-14(23-17-9-7-16(22-3)8-10-17)19(21)20(2)13-15-5-11-18(24-4)12-6-15/h5-12,14H,13H2,1-4H3/t14-/m1/s1. The molecular formula is C19H23NO3S. The van der Waals surface area contributed by atoms with Crippen LogP contribution in [0.4, 0.5) is 0 Å². The highest BCUT2D eigenvalue weighted by Gasteiger charge is 2.19. The molecular weight excluding hydrogens is 322 g/mol. The van der Waals surface area contributed by atoms with Crippen LogP contribution < -0.4 is 9.47 Å². The van der Waals surface area contributed by atoms with Gasteiger partial charge in [-0.05, 0) is 55.1 Å². The van der Waals surface area contributed by atoms with Gasteiger partial charge in [0, 0.05) is 18.5 Å². The van der Waals surface area contributed by atoms with Crippen molar-refractivity contribution in [2.24, 2.45) is 0 Å². The molecule has 4 nitrogen and oxygen atoms in total. The first-order valence-corrected chi connectivity index (χ1v) is 8.94. The smallest absolute Gasteiger partial charge is 0.263 e. The first-order valence-electron chi connectivity index (χ1n) is 7.72. The van der Waals surface area contributed by atoms with E-state index in [0.29, 0.717) is 12.3 Å². The molecule has 24 heavy (non-hydrogen) atoms. The Labute approximate surface area is 147 Å². The molecule has 0 saturated heterocycles.